The summed E-state index contributed by atoms with van der Waals surface area (Å²) in [4.78, 5) is 19.9. The smallest absolute Gasteiger partial charge is 0.285 e. The van der Waals surface area contributed by atoms with Gasteiger partial charge in [0.25, 0.3) is 5.91 Å². The van der Waals surface area contributed by atoms with Crippen molar-refractivity contribution in [1.82, 2.24) is 14.8 Å². The maximum atomic E-state index is 12.3. The average molecular weight is 423 g/mol. The topological polar surface area (TPSA) is 60.2 Å². The number of nitrogens with zero attached hydrogens (tertiary/aromatic N) is 4. The molecule has 1 aliphatic heterocycles. The normalized spacial score (nSPS) is 13.4. The number of benzene rings is 1. The van der Waals surface area contributed by atoms with Crippen molar-refractivity contribution in [3.05, 3.63) is 70.3 Å². The Hall–Kier alpha value is -3.04. The van der Waals surface area contributed by atoms with Gasteiger partial charge in [0, 0.05) is 19.3 Å². The molecule has 1 amide bonds. The number of carbonyl (C=O) groups is 1. The first-order valence-electron chi connectivity index (χ1n) is 10.6. The summed E-state index contributed by atoms with van der Waals surface area (Å²) in [6.07, 6.45) is 8.37. The Bertz CT molecular complexity index is 974. The molecule has 31 heavy (non-hydrogen) atoms. The standard InChI is InChI=1S/C17H22N4O.C8H9F/c1-5-13(6-8-20(3)4)15-12(2)10-19-16-14(15)7-9-21(11-18)17(16)22;1-2-7-3-5-8(9)6-4-7/h5,10H,6-9H2,1-4H3;3-6H,2H2,1H3/b13-5-;. The zero-order valence-corrected chi connectivity index (χ0v) is 19.1. The fourth-order valence-electron chi connectivity index (χ4n) is 3.56. The second kappa shape index (κ2) is 11.4. The summed E-state index contributed by atoms with van der Waals surface area (Å²) in [6.45, 7) is 7.50. The molecule has 0 atom stereocenters. The number of aryl methyl sites for hydroxylation is 2. The number of rotatable bonds is 5. The van der Waals surface area contributed by atoms with E-state index in [1.165, 1.54) is 28.2 Å². The van der Waals surface area contributed by atoms with Crippen LogP contribution in [0, 0.1) is 24.2 Å². The summed E-state index contributed by atoms with van der Waals surface area (Å²) in [5, 5.41) is 9.02. The van der Waals surface area contributed by atoms with Crippen molar-refractivity contribution >= 4 is 11.5 Å². The predicted molar refractivity (Wildman–Crippen MR) is 122 cm³/mol. The number of halogens is 1. The van der Waals surface area contributed by atoms with E-state index in [0.29, 0.717) is 18.7 Å². The second-order valence-electron chi connectivity index (χ2n) is 7.80. The van der Waals surface area contributed by atoms with E-state index < -0.39 is 0 Å². The molecular formula is C25H31FN4O. The van der Waals surface area contributed by atoms with Crippen molar-refractivity contribution in [2.75, 3.05) is 27.2 Å². The Morgan fingerprint density at radius 1 is 1.32 bits per heavy atom. The molecule has 0 N–H and O–H groups in total. The van der Waals surface area contributed by atoms with E-state index in [-0.39, 0.29) is 11.7 Å². The van der Waals surface area contributed by atoms with Crippen molar-refractivity contribution < 1.29 is 9.18 Å². The molecule has 0 unspecified atom stereocenters. The van der Waals surface area contributed by atoms with Gasteiger partial charge in [0.1, 0.15) is 11.5 Å². The van der Waals surface area contributed by atoms with Gasteiger partial charge in [0.05, 0.1) is 0 Å². The largest absolute Gasteiger partial charge is 0.309 e. The molecule has 2 aromatic rings. The highest BCUT2D eigenvalue weighted by molar-refractivity contribution is 5.97. The minimum Gasteiger partial charge on any atom is -0.309 e. The van der Waals surface area contributed by atoms with Crippen LogP contribution in [0.1, 0.15) is 53.0 Å². The third kappa shape index (κ3) is 6.22. The van der Waals surface area contributed by atoms with Gasteiger partial charge in [-0.25, -0.2) is 9.29 Å². The van der Waals surface area contributed by atoms with Gasteiger partial charge in [-0.3, -0.25) is 9.78 Å². The number of hydrogen-bond donors (Lipinski definition) is 0. The highest BCUT2D eigenvalue weighted by Crippen LogP contribution is 2.30. The molecule has 3 rings (SSSR count). The van der Waals surface area contributed by atoms with Crippen LogP contribution < -0.4 is 0 Å². The number of hydrogen-bond acceptors (Lipinski definition) is 4. The number of fused-ring (bicyclic) bond motifs is 1. The molecular weight excluding hydrogens is 391 g/mol. The van der Waals surface area contributed by atoms with Crippen molar-refractivity contribution in [2.24, 2.45) is 0 Å². The molecule has 2 heterocycles. The van der Waals surface area contributed by atoms with Gasteiger partial charge in [-0.2, -0.15) is 5.26 Å². The quantitative estimate of drug-likeness (QED) is 0.660. The molecule has 5 nitrogen and oxygen atoms in total. The minimum absolute atomic E-state index is 0.160. The lowest BCUT2D eigenvalue weighted by atomic mass is 9.89. The first-order chi connectivity index (χ1) is 14.8. The fraction of sp³-hybridized carbons (Fsp3) is 0.400. The van der Waals surface area contributed by atoms with Crippen molar-refractivity contribution in [1.29, 1.82) is 5.26 Å². The van der Waals surface area contributed by atoms with E-state index in [4.69, 9.17) is 5.26 Å². The Balaban J connectivity index is 0.000000316. The van der Waals surface area contributed by atoms with Crippen LogP contribution in [0.15, 0.2) is 36.5 Å². The van der Waals surface area contributed by atoms with E-state index >= 15 is 0 Å². The van der Waals surface area contributed by atoms with Crippen LogP contribution in [0.3, 0.4) is 0 Å². The number of nitriles is 1. The molecule has 0 saturated carbocycles. The molecule has 6 heteroatoms. The third-order valence-electron chi connectivity index (χ3n) is 5.34. The Kier molecular flexibility index (Phi) is 8.89. The summed E-state index contributed by atoms with van der Waals surface area (Å²) in [7, 11) is 4.10. The zero-order chi connectivity index (χ0) is 23.0. The van der Waals surface area contributed by atoms with Crippen molar-refractivity contribution in [3.8, 4) is 6.19 Å². The first kappa shape index (κ1) is 24.2. The van der Waals surface area contributed by atoms with Gasteiger partial charge in [-0.15, -0.1) is 0 Å². The summed E-state index contributed by atoms with van der Waals surface area (Å²) < 4.78 is 12.2. The van der Waals surface area contributed by atoms with Gasteiger partial charge < -0.3 is 4.90 Å². The Labute approximate surface area is 184 Å². The molecule has 0 saturated heterocycles. The highest BCUT2D eigenvalue weighted by Gasteiger charge is 2.29. The second-order valence-corrected chi connectivity index (χ2v) is 7.80. The van der Waals surface area contributed by atoms with Crippen LogP contribution in [0.2, 0.25) is 0 Å². The molecule has 0 aliphatic carbocycles. The number of amides is 1. The maximum absolute atomic E-state index is 12.3. The molecule has 1 aromatic carbocycles. The number of allylic oxidation sites excluding steroid dienone is 1. The lowest BCUT2D eigenvalue weighted by Gasteiger charge is -2.25. The van der Waals surface area contributed by atoms with Gasteiger partial charge >= 0.3 is 0 Å². The first-order valence-corrected chi connectivity index (χ1v) is 10.6. The van der Waals surface area contributed by atoms with E-state index in [0.717, 1.165) is 36.1 Å². The molecule has 1 aromatic heterocycles. The summed E-state index contributed by atoms with van der Waals surface area (Å²) >= 11 is 0. The number of aromatic nitrogens is 1. The van der Waals surface area contributed by atoms with Gasteiger partial charge in [0.15, 0.2) is 6.19 Å². The zero-order valence-electron chi connectivity index (χ0n) is 19.1. The van der Waals surface area contributed by atoms with Gasteiger partial charge in [0.2, 0.25) is 0 Å². The van der Waals surface area contributed by atoms with Crippen LogP contribution in [-0.4, -0.2) is 47.9 Å². The predicted octanol–water partition coefficient (Wildman–Crippen LogP) is 4.61. The molecule has 0 spiro atoms. The van der Waals surface area contributed by atoms with Crippen LogP contribution in [0.25, 0.3) is 5.57 Å². The van der Waals surface area contributed by atoms with E-state index in [1.807, 2.05) is 27.0 Å². The number of carbonyl (C=O) groups excluding carboxylic acids is 1. The summed E-state index contributed by atoms with van der Waals surface area (Å²) in [6, 6.07) is 6.57. The van der Waals surface area contributed by atoms with Crippen LogP contribution in [-0.2, 0) is 12.8 Å². The monoisotopic (exact) mass is 422 g/mol. The maximum Gasteiger partial charge on any atom is 0.285 e. The highest BCUT2D eigenvalue weighted by atomic mass is 19.1. The number of pyridine rings is 1. The van der Waals surface area contributed by atoms with Crippen molar-refractivity contribution in [3.63, 3.8) is 0 Å². The lowest BCUT2D eigenvalue weighted by Crippen LogP contribution is -2.35. The van der Waals surface area contributed by atoms with Gasteiger partial charge in [-0.05, 0) is 87.2 Å². The van der Waals surface area contributed by atoms with Crippen LogP contribution in [0.4, 0.5) is 4.39 Å². The minimum atomic E-state index is -0.284. The molecule has 0 fully saturated rings. The van der Waals surface area contributed by atoms with Crippen LogP contribution >= 0.6 is 0 Å². The van der Waals surface area contributed by atoms with E-state index in [9.17, 15) is 9.18 Å². The average Bonchev–Trinajstić information content (AvgIpc) is 2.76. The molecule has 0 bridgehead atoms. The summed E-state index contributed by atoms with van der Waals surface area (Å²) in [5.74, 6) is -0.444. The lowest BCUT2D eigenvalue weighted by molar-refractivity contribution is 0.0813. The fourth-order valence-corrected chi connectivity index (χ4v) is 3.56. The SMILES string of the molecule is C/C=C(/CCN(C)C)c1c(C)cnc2c1CCN(C#N)C2=O.CCc1ccc(F)cc1. The molecule has 164 valence electrons. The van der Waals surface area contributed by atoms with Gasteiger partial charge in [-0.1, -0.05) is 25.1 Å². The van der Waals surface area contributed by atoms with E-state index in [2.05, 4.69) is 30.1 Å². The molecule has 0 radical (unpaired) electrons. The van der Waals surface area contributed by atoms with E-state index in [1.54, 1.807) is 18.3 Å². The Morgan fingerprint density at radius 3 is 2.55 bits per heavy atom. The third-order valence-corrected chi connectivity index (χ3v) is 5.34. The molecule has 1 aliphatic rings. The summed E-state index contributed by atoms with van der Waals surface area (Å²) in [5.41, 5.74) is 6.06. The van der Waals surface area contributed by atoms with Crippen molar-refractivity contribution in [2.45, 2.75) is 40.0 Å². The van der Waals surface area contributed by atoms with Crippen LogP contribution in [0.5, 0.6) is 0 Å². The Morgan fingerprint density at radius 2 is 2.00 bits per heavy atom.